The maximum Gasteiger partial charge on any atom is 0.253 e. The standard InChI is InChI=1S/C19H24N2O.ClH/c1-15-12-16(2)14-18(13-15)19(22)21(11-9-20)10-8-17-6-4-3-5-7-17;/h3-7,12-14H,8-11,20H2,1-2H3;1H. The summed E-state index contributed by atoms with van der Waals surface area (Å²) in [7, 11) is 0. The highest BCUT2D eigenvalue weighted by molar-refractivity contribution is 5.94. The average molecular weight is 333 g/mol. The fourth-order valence-electron chi connectivity index (χ4n) is 2.66. The van der Waals surface area contributed by atoms with Gasteiger partial charge in [-0.05, 0) is 38.0 Å². The Labute approximate surface area is 144 Å². The Kier molecular flexibility index (Phi) is 7.79. The monoisotopic (exact) mass is 332 g/mol. The van der Waals surface area contributed by atoms with Gasteiger partial charge in [0.1, 0.15) is 0 Å². The van der Waals surface area contributed by atoms with Crippen molar-refractivity contribution >= 4 is 18.3 Å². The molecule has 0 aromatic heterocycles. The lowest BCUT2D eigenvalue weighted by atomic mass is 10.1. The molecule has 0 saturated carbocycles. The van der Waals surface area contributed by atoms with Crippen LogP contribution in [0.1, 0.15) is 27.0 Å². The maximum atomic E-state index is 12.7. The largest absolute Gasteiger partial charge is 0.337 e. The predicted octanol–water partition coefficient (Wildman–Crippen LogP) is 3.37. The minimum atomic E-state index is 0. The molecule has 23 heavy (non-hydrogen) atoms. The number of nitrogens with two attached hydrogens (primary N) is 1. The van der Waals surface area contributed by atoms with Gasteiger partial charge < -0.3 is 10.6 Å². The van der Waals surface area contributed by atoms with Gasteiger partial charge in [-0.3, -0.25) is 4.79 Å². The Morgan fingerprint density at radius 3 is 2.17 bits per heavy atom. The predicted molar refractivity (Wildman–Crippen MR) is 98.3 cm³/mol. The van der Waals surface area contributed by atoms with E-state index in [9.17, 15) is 4.79 Å². The van der Waals surface area contributed by atoms with Gasteiger partial charge in [0, 0.05) is 25.2 Å². The highest BCUT2D eigenvalue weighted by Gasteiger charge is 2.15. The van der Waals surface area contributed by atoms with Crippen LogP contribution in [-0.4, -0.2) is 30.4 Å². The van der Waals surface area contributed by atoms with Gasteiger partial charge >= 0.3 is 0 Å². The van der Waals surface area contributed by atoms with Gasteiger partial charge in [-0.2, -0.15) is 0 Å². The Morgan fingerprint density at radius 2 is 1.61 bits per heavy atom. The maximum absolute atomic E-state index is 12.7. The lowest BCUT2D eigenvalue weighted by molar-refractivity contribution is 0.0762. The quantitative estimate of drug-likeness (QED) is 0.881. The minimum absolute atomic E-state index is 0. The average Bonchev–Trinajstić information content (AvgIpc) is 2.51. The highest BCUT2D eigenvalue weighted by Crippen LogP contribution is 2.12. The second kappa shape index (κ2) is 9.33. The number of hydrogen-bond acceptors (Lipinski definition) is 2. The molecule has 0 aliphatic heterocycles. The number of hydrogen-bond donors (Lipinski definition) is 1. The Hall–Kier alpha value is -1.84. The van der Waals surface area contributed by atoms with E-state index in [-0.39, 0.29) is 18.3 Å². The van der Waals surface area contributed by atoms with Crippen LogP contribution in [0.25, 0.3) is 0 Å². The van der Waals surface area contributed by atoms with Gasteiger partial charge in [0.05, 0.1) is 0 Å². The summed E-state index contributed by atoms with van der Waals surface area (Å²) in [5, 5.41) is 0. The van der Waals surface area contributed by atoms with E-state index < -0.39 is 0 Å². The normalized spacial score (nSPS) is 10.0. The van der Waals surface area contributed by atoms with E-state index in [1.807, 2.05) is 49.1 Å². The molecule has 0 radical (unpaired) electrons. The second-order valence-electron chi connectivity index (χ2n) is 5.69. The van der Waals surface area contributed by atoms with Gasteiger partial charge in [-0.1, -0.05) is 47.5 Å². The van der Waals surface area contributed by atoms with Gasteiger partial charge in [0.25, 0.3) is 5.91 Å². The molecule has 0 saturated heterocycles. The SMILES string of the molecule is Cc1cc(C)cc(C(=O)N(CCN)CCc2ccccc2)c1.Cl. The molecule has 0 unspecified atom stereocenters. The number of halogens is 1. The number of carbonyl (C=O) groups is 1. The zero-order valence-electron chi connectivity index (χ0n) is 13.8. The lowest BCUT2D eigenvalue weighted by Crippen LogP contribution is -2.37. The van der Waals surface area contributed by atoms with E-state index in [1.165, 1.54) is 5.56 Å². The number of carbonyl (C=O) groups excluding carboxylic acids is 1. The van der Waals surface area contributed by atoms with Crippen molar-refractivity contribution in [2.45, 2.75) is 20.3 Å². The van der Waals surface area contributed by atoms with Crippen molar-refractivity contribution in [2.24, 2.45) is 5.73 Å². The summed E-state index contributed by atoms with van der Waals surface area (Å²) in [5.41, 5.74) is 9.88. The summed E-state index contributed by atoms with van der Waals surface area (Å²) in [6, 6.07) is 16.2. The molecule has 0 aliphatic rings. The van der Waals surface area contributed by atoms with E-state index in [0.29, 0.717) is 19.6 Å². The number of aryl methyl sites for hydroxylation is 2. The summed E-state index contributed by atoms with van der Waals surface area (Å²) >= 11 is 0. The van der Waals surface area contributed by atoms with E-state index in [4.69, 9.17) is 5.73 Å². The van der Waals surface area contributed by atoms with Crippen molar-refractivity contribution in [1.82, 2.24) is 4.90 Å². The number of rotatable bonds is 6. The topological polar surface area (TPSA) is 46.3 Å². The molecule has 2 rings (SSSR count). The zero-order chi connectivity index (χ0) is 15.9. The first-order chi connectivity index (χ1) is 10.6. The summed E-state index contributed by atoms with van der Waals surface area (Å²) in [5.74, 6) is 0.0631. The molecule has 0 spiro atoms. The first kappa shape index (κ1) is 19.2. The summed E-state index contributed by atoms with van der Waals surface area (Å²) in [6.07, 6.45) is 0.845. The molecular weight excluding hydrogens is 308 g/mol. The van der Waals surface area contributed by atoms with E-state index in [2.05, 4.69) is 18.2 Å². The van der Waals surface area contributed by atoms with E-state index >= 15 is 0 Å². The van der Waals surface area contributed by atoms with Crippen molar-refractivity contribution < 1.29 is 4.79 Å². The molecule has 3 nitrogen and oxygen atoms in total. The van der Waals surface area contributed by atoms with Crippen LogP contribution in [0.2, 0.25) is 0 Å². The highest BCUT2D eigenvalue weighted by atomic mass is 35.5. The van der Waals surface area contributed by atoms with Gasteiger partial charge in [0.2, 0.25) is 0 Å². The zero-order valence-corrected chi connectivity index (χ0v) is 14.6. The molecule has 0 bridgehead atoms. The van der Waals surface area contributed by atoms with Crippen LogP contribution in [0.5, 0.6) is 0 Å². The van der Waals surface area contributed by atoms with E-state index in [1.54, 1.807) is 0 Å². The van der Waals surface area contributed by atoms with Crippen molar-refractivity contribution in [2.75, 3.05) is 19.6 Å². The molecule has 124 valence electrons. The molecular formula is C19H25ClN2O. The first-order valence-electron chi connectivity index (χ1n) is 7.71. The van der Waals surface area contributed by atoms with Crippen LogP contribution < -0.4 is 5.73 Å². The Bertz CT molecular complexity index is 608. The van der Waals surface area contributed by atoms with Gasteiger partial charge in [0.15, 0.2) is 0 Å². The fraction of sp³-hybridized carbons (Fsp3) is 0.316. The van der Waals surface area contributed by atoms with Crippen LogP contribution in [0, 0.1) is 13.8 Å². The van der Waals surface area contributed by atoms with Crippen molar-refractivity contribution in [3.8, 4) is 0 Å². The van der Waals surface area contributed by atoms with Crippen LogP contribution in [0.15, 0.2) is 48.5 Å². The minimum Gasteiger partial charge on any atom is -0.337 e. The summed E-state index contributed by atoms with van der Waals surface area (Å²) < 4.78 is 0. The number of amides is 1. The molecule has 1 amide bonds. The Balaban J connectivity index is 0.00000264. The van der Waals surface area contributed by atoms with Gasteiger partial charge in [-0.15, -0.1) is 12.4 Å². The summed E-state index contributed by atoms with van der Waals surface area (Å²) in [4.78, 5) is 14.6. The van der Waals surface area contributed by atoms with E-state index in [0.717, 1.165) is 23.1 Å². The molecule has 0 fully saturated rings. The summed E-state index contributed by atoms with van der Waals surface area (Å²) in [6.45, 7) is 5.78. The molecule has 0 atom stereocenters. The van der Waals surface area contributed by atoms with Crippen LogP contribution in [0.3, 0.4) is 0 Å². The molecule has 4 heteroatoms. The van der Waals surface area contributed by atoms with Crippen molar-refractivity contribution in [1.29, 1.82) is 0 Å². The first-order valence-corrected chi connectivity index (χ1v) is 7.71. The lowest BCUT2D eigenvalue weighted by Gasteiger charge is -2.22. The molecule has 2 aromatic carbocycles. The van der Waals surface area contributed by atoms with Gasteiger partial charge in [-0.25, -0.2) is 0 Å². The smallest absolute Gasteiger partial charge is 0.253 e. The third-order valence-electron chi connectivity index (χ3n) is 3.67. The van der Waals surface area contributed by atoms with Crippen LogP contribution >= 0.6 is 12.4 Å². The number of nitrogens with zero attached hydrogens (tertiary/aromatic N) is 1. The van der Waals surface area contributed by atoms with Crippen molar-refractivity contribution in [3.63, 3.8) is 0 Å². The number of benzene rings is 2. The second-order valence-corrected chi connectivity index (χ2v) is 5.69. The molecule has 2 aromatic rings. The Morgan fingerprint density at radius 1 is 1.00 bits per heavy atom. The molecule has 0 heterocycles. The van der Waals surface area contributed by atoms with Crippen LogP contribution in [0.4, 0.5) is 0 Å². The third-order valence-corrected chi connectivity index (χ3v) is 3.67. The third kappa shape index (κ3) is 5.70. The molecule has 0 aliphatic carbocycles. The van der Waals surface area contributed by atoms with Crippen LogP contribution in [-0.2, 0) is 6.42 Å². The van der Waals surface area contributed by atoms with Crippen molar-refractivity contribution in [3.05, 3.63) is 70.8 Å². The fourth-order valence-corrected chi connectivity index (χ4v) is 2.66. The molecule has 2 N–H and O–H groups in total.